The highest BCUT2D eigenvalue weighted by Gasteiger charge is 2.05. The number of para-hydroxylation sites is 2. The van der Waals surface area contributed by atoms with Crippen LogP contribution in [0.5, 0.6) is 0 Å². The quantitative estimate of drug-likeness (QED) is 0.311. The van der Waals surface area contributed by atoms with Crippen LogP contribution < -0.4 is 5.43 Å². The maximum Gasteiger partial charge on any atom is 0.204 e. The van der Waals surface area contributed by atoms with Gasteiger partial charge < -0.3 is 0 Å². The van der Waals surface area contributed by atoms with Crippen molar-refractivity contribution in [3.05, 3.63) is 64.8 Å². The molecule has 24 heavy (non-hydrogen) atoms. The number of halogens is 1. The van der Waals surface area contributed by atoms with Gasteiger partial charge in [-0.1, -0.05) is 53.3 Å². The Bertz CT molecular complexity index is 1040. The minimum Gasteiger partial charge on any atom is -0.253 e. The second-order valence-corrected chi connectivity index (χ2v) is 6.76. The fourth-order valence-corrected chi connectivity index (χ4v) is 3.51. The molecule has 0 fully saturated rings. The van der Waals surface area contributed by atoms with Crippen molar-refractivity contribution in [1.82, 2.24) is 9.97 Å². The maximum absolute atomic E-state index is 6.28. The highest BCUT2D eigenvalue weighted by molar-refractivity contribution is 7.22. The van der Waals surface area contributed by atoms with E-state index >= 15 is 0 Å². The zero-order valence-corrected chi connectivity index (χ0v) is 14.4. The lowest BCUT2D eigenvalue weighted by Gasteiger charge is -2.04. The average Bonchev–Trinajstić information content (AvgIpc) is 2.99. The molecule has 0 aliphatic rings. The number of rotatable bonds is 3. The van der Waals surface area contributed by atoms with Crippen LogP contribution in [0.1, 0.15) is 11.1 Å². The van der Waals surface area contributed by atoms with Crippen LogP contribution in [0.25, 0.3) is 21.1 Å². The molecule has 4 nitrogen and oxygen atoms in total. The first-order chi connectivity index (χ1) is 11.7. The summed E-state index contributed by atoms with van der Waals surface area (Å²) in [5.41, 5.74) is 6.70. The molecule has 0 aliphatic heterocycles. The van der Waals surface area contributed by atoms with Crippen molar-refractivity contribution >= 4 is 55.4 Å². The second-order valence-electron chi connectivity index (χ2n) is 5.37. The molecule has 2 heterocycles. The van der Waals surface area contributed by atoms with Gasteiger partial charge in [-0.25, -0.2) is 9.97 Å². The number of thiazole rings is 1. The van der Waals surface area contributed by atoms with Crippen molar-refractivity contribution in [3.8, 4) is 0 Å². The van der Waals surface area contributed by atoms with E-state index in [1.807, 2.05) is 55.5 Å². The van der Waals surface area contributed by atoms with Gasteiger partial charge in [-0.15, -0.1) is 0 Å². The number of pyridine rings is 1. The van der Waals surface area contributed by atoms with Crippen LogP contribution in [0.2, 0.25) is 5.15 Å². The zero-order valence-electron chi connectivity index (χ0n) is 12.8. The molecule has 0 saturated heterocycles. The Morgan fingerprint density at radius 3 is 2.88 bits per heavy atom. The highest BCUT2D eigenvalue weighted by Crippen LogP contribution is 2.25. The molecule has 2 aromatic heterocycles. The van der Waals surface area contributed by atoms with Gasteiger partial charge in [-0.3, -0.25) is 5.43 Å². The van der Waals surface area contributed by atoms with Gasteiger partial charge in [0.15, 0.2) is 0 Å². The number of fused-ring (bicyclic) bond motifs is 2. The van der Waals surface area contributed by atoms with E-state index < -0.39 is 0 Å². The van der Waals surface area contributed by atoms with Crippen LogP contribution in [0.3, 0.4) is 0 Å². The third kappa shape index (κ3) is 2.84. The van der Waals surface area contributed by atoms with Crippen molar-refractivity contribution in [2.24, 2.45) is 5.10 Å². The van der Waals surface area contributed by atoms with Crippen LogP contribution in [-0.2, 0) is 0 Å². The van der Waals surface area contributed by atoms with Gasteiger partial charge in [-0.05, 0) is 30.7 Å². The number of hydrogen-bond donors (Lipinski definition) is 1. The molecule has 4 aromatic rings. The van der Waals surface area contributed by atoms with Crippen LogP contribution in [0.4, 0.5) is 5.13 Å². The summed E-state index contributed by atoms with van der Waals surface area (Å²) < 4.78 is 1.12. The van der Waals surface area contributed by atoms with Crippen molar-refractivity contribution < 1.29 is 0 Å². The minimum absolute atomic E-state index is 0.437. The minimum atomic E-state index is 0.437. The van der Waals surface area contributed by atoms with E-state index in [0.717, 1.165) is 37.4 Å². The molecule has 1 N–H and O–H groups in total. The van der Waals surface area contributed by atoms with Gasteiger partial charge in [0.2, 0.25) is 5.13 Å². The van der Waals surface area contributed by atoms with E-state index in [4.69, 9.17) is 11.6 Å². The Balaban J connectivity index is 1.61. The first kappa shape index (κ1) is 15.1. The van der Waals surface area contributed by atoms with Gasteiger partial charge in [-0.2, -0.15) is 5.10 Å². The molecular formula is C18H13ClN4S. The Hall–Kier alpha value is -2.50. The molecule has 0 unspecified atom stereocenters. The summed E-state index contributed by atoms with van der Waals surface area (Å²) in [6, 6.07) is 16.0. The lowest BCUT2D eigenvalue weighted by atomic mass is 10.1. The first-order valence-electron chi connectivity index (χ1n) is 7.41. The molecule has 0 saturated carbocycles. The molecule has 0 spiro atoms. The normalized spacial score (nSPS) is 11.6. The molecule has 2 aromatic carbocycles. The van der Waals surface area contributed by atoms with Crippen LogP contribution in [0.15, 0.2) is 53.6 Å². The van der Waals surface area contributed by atoms with Crippen LogP contribution in [-0.4, -0.2) is 16.2 Å². The SMILES string of the molecule is Cc1cccc2cc(C=NNc3nc4ccccc4s3)c(Cl)nc12. The Kier molecular flexibility index (Phi) is 3.88. The van der Waals surface area contributed by atoms with E-state index in [2.05, 4.69) is 20.5 Å². The lowest BCUT2D eigenvalue weighted by molar-refractivity contribution is 1.30. The Morgan fingerprint density at radius 2 is 2.00 bits per heavy atom. The number of nitrogens with zero attached hydrogens (tertiary/aromatic N) is 3. The molecule has 0 atom stereocenters. The Morgan fingerprint density at radius 1 is 1.12 bits per heavy atom. The summed E-state index contributed by atoms with van der Waals surface area (Å²) in [5.74, 6) is 0. The number of aromatic nitrogens is 2. The number of hydrogen-bond acceptors (Lipinski definition) is 5. The summed E-state index contributed by atoms with van der Waals surface area (Å²) in [6.07, 6.45) is 1.67. The van der Waals surface area contributed by atoms with Crippen molar-refractivity contribution in [2.45, 2.75) is 6.92 Å². The molecule has 118 valence electrons. The van der Waals surface area contributed by atoms with Crippen LogP contribution in [0, 0.1) is 6.92 Å². The third-order valence-electron chi connectivity index (χ3n) is 3.69. The molecule has 6 heteroatoms. The average molecular weight is 353 g/mol. The summed E-state index contributed by atoms with van der Waals surface area (Å²) in [7, 11) is 0. The van der Waals surface area contributed by atoms with E-state index in [1.165, 1.54) is 0 Å². The lowest BCUT2D eigenvalue weighted by Crippen LogP contribution is -1.94. The largest absolute Gasteiger partial charge is 0.253 e. The number of benzene rings is 2. The van der Waals surface area contributed by atoms with Crippen molar-refractivity contribution in [1.29, 1.82) is 0 Å². The standard InChI is InChI=1S/C18H13ClN4S/c1-11-5-4-6-12-9-13(17(19)22-16(11)12)10-20-23-18-21-14-7-2-3-8-15(14)24-18/h2-10H,1H3,(H,21,23). The molecule has 4 rings (SSSR count). The predicted molar refractivity (Wildman–Crippen MR) is 102 cm³/mol. The van der Waals surface area contributed by atoms with Crippen LogP contribution >= 0.6 is 22.9 Å². The molecule has 0 radical (unpaired) electrons. The van der Waals surface area contributed by atoms with Gasteiger partial charge in [0.05, 0.1) is 21.9 Å². The third-order valence-corrected chi connectivity index (χ3v) is 4.93. The maximum atomic E-state index is 6.28. The highest BCUT2D eigenvalue weighted by atomic mass is 35.5. The van der Waals surface area contributed by atoms with Gasteiger partial charge in [0.1, 0.15) is 5.15 Å². The molecule has 0 aliphatic carbocycles. The molecule has 0 amide bonds. The van der Waals surface area contributed by atoms with E-state index in [0.29, 0.717) is 5.15 Å². The zero-order chi connectivity index (χ0) is 16.5. The van der Waals surface area contributed by atoms with E-state index in [1.54, 1.807) is 17.6 Å². The van der Waals surface area contributed by atoms with E-state index in [-0.39, 0.29) is 0 Å². The monoisotopic (exact) mass is 352 g/mol. The number of nitrogens with one attached hydrogen (secondary N) is 1. The smallest absolute Gasteiger partial charge is 0.204 e. The second kappa shape index (κ2) is 6.19. The topological polar surface area (TPSA) is 50.2 Å². The van der Waals surface area contributed by atoms with Crippen molar-refractivity contribution in [2.75, 3.05) is 5.43 Å². The van der Waals surface area contributed by atoms with Gasteiger partial charge in [0, 0.05) is 10.9 Å². The summed E-state index contributed by atoms with van der Waals surface area (Å²) >= 11 is 7.83. The molecule has 0 bridgehead atoms. The van der Waals surface area contributed by atoms with E-state index in [9.17, 15) is 0 Å². The molecular weight excluding hydrogens is 340 g/mol. The van der Waals surface area contributed by atoms with Gasteiger partial charge in [0.25, 0.3) is 0 Å². The fourth-order valence-electron chi connectivity index (χ4n) is 2.51. The number of hydrazone groups is 1. The number of aryl methyl sites for hydroxylation is 1. The summed E-state index contributed by atoms with van der Waals surface area (Å²) in [5, 5.41) is 6.47. The Labute approximate surface area is 147 Å². The fraction of sp³-hybridized carbons (Fsp3) is 0.0556. The van der Waals surface area contributed by atoms with Gasteiger partial charge >= 0.3 is 0 Å². The first-order valence-corrected chi connectivity index (χ1v) is 8.61. The predicted octanol–water partition coefficient (Wildman–Crippen LogP) is 5.25. The number of anilines is 1. The summed E-state index contributed by atoms with van der Waals surface area (Å²) in [6.45, 7) is 2.02. The van der Waals surface area contributed by atoms with Crippen molar-refractivity contribution in [3.63, 3.8) is 0 Å². The summed E-state index contributed by atoms with van der Waals surface area (Å²) in [4.78, 5) is 8.94.